The van der Waals surface area contributed by atoms with Crippen LogP contribution >= 0.6 is 10.7 Å². The number of nitrogens with zero attached hydrogens (tertiary/aromatic N) is 3. The summed E-state index contributed by atoms with van der Waals surface area (Å²) in [6.45, 7) is 0. The van der Waals surface area contributed by atoms with Crippen molar-refractivity contribution in [3.63, 3.8) is 0 Å². The molecule has 0 atom stereocenters. The molecule has 0 N–H and O–H groups in total. The molecule has 2 aromatic heterocycles. The van der Waals surface area contributed by atoms with Crippen LogP contribution in [-0.2, 0) is 9.05 Å². The van der Waals surface area contributed by atoms with Crippen molar-refractivity contribution in [3.05, 3.63) is 36.5 Å². The third kappa shape index (κ3) is 1.57. The maximum atomic E-state index is 11.3. The first kappa shape index (κ1) is 10.5. The SMILES string of the molecule is O=S(=O)(Cl)c1ccn2c1nnc1ccccc12. The third-order valence-electron chi connectivity index (χ3n) is 2.48. The molecule has 2 heterocycles. The number of halogens is 1. The molecule has 0 radical (unpaired) electrons. The summed E-state index contributed by atoms with van der Waals surface area (Å²) in [6.07, 6.45) is 1.61. The fourth-order valence-corrected chi connectivity index (χ4v) is 2.68. The summed E-state index contributed by atoms with van der Waals surface area (Å²) in [5, 5.41) is 7.85. The Hall–Kier alpha value is -1.66. The molecule has 1 aromatic carbocycles. The van der Waals surface area contributed by atoms with E-state index in [1.54, 1.807) is 16.7 Å². The van der Waals surface area contributed by atoms with E-state index >= 15 is 0 Å². The van der Waals surface area contributed by atoms with Crippen LogP contribution in [0.25, 0.3) is 16.7 Å². The number of fused-ring (bicyclic) bond motifs is 3. The van der Waals surface area contributed by atoms with Crippen molar-refractivity contribution in [1.82, 2.24) is 14.6 Å². The second-order valence-corrected chi connectivity index (χ2v) is 6.03. The molecule has 7 heteroatoms. The number of rotatable bonds is 1. The molecule has 3 rings (SSSR count). The summed E-state index contributed by atoms with van der Waals surface area (Å²) in [7, 11) is 1.52. The highest BCUT2D eigenvalue weighted by molar-refractivity contribution is 8.13. The molecular formula is C10H6ClN3O2S. The van der Waals surface area contributed by atoms with Gasteiger partial charge in [0.1, 0.15) is 10.4 Å². The average Bonchev–Trinajstić information content (AvgIpc) is 2.72. The Morgan fingerprint density at radius 2 is 1.88 bits per heavy atom. The van der Waals surface area contributed by atoms with Crippen molar-refractivity contribution in [2.24, 2.45) is 0 Å². The molecule has 0 saturated carbocycles. The first-order valence-corrected chi connectivity index (χ1v) is 7.05. The van der Waals surface area contributed by atoms with Crippen molar-refractivity contribution in [2.75, 3.05) is 0 Å². The standard InChI is InChI=1S/C10H6ClN3O2S/c11-17(15,16)9-5-6-14-8-4-2-1-3-7(8)12-13-10(9)14/h1-6H. The van der Waals surface area contributed by atoms with E-state index in [2.05, 4.69) is 10.2 Å². The fourth-order valence-electron chi connectivity index (χ4n) is 1.74. The van der Waals surface area contributed by atoms with Gasteiger partial charge >= 0.3 is 0 Å². The van der Waals surface area contributed by atoms with Crippen LogP contribution in [0, 0.1) is 0 Å². The minimum atomic E-state index is -3.81. The zero-order valence-electron chi connectivity index (χ0n) is 8.41. The fraction of sp³-hybridized carbons (Fsp3) is 0. The Bertz CT molecular complexity index is 826. The smallest absolute Gasteiger partial charge is 0.265 e. The molecular weight excluding hydrogens is 262 g/mol. The quantitative estimate of drug-likeness (QED) is 0.631. The number of hydrogen-bond acceptors (Lipinski definition) is 4. The molecule has 0 aliphatic carbocycles. The highest BCUT2D eigenvalue weighted by atomic mass is 35.7. The summed E-state index contributed by atoms with van der Waals surface area (Å²) >= 11 is 0. The van der Waals surface area contributed by atoms with E-state index in [4.69, 9.17) is 10.7 Å². The van der Waals surface area contributed by atoms with Gasteiger partial charge in [0.2, 0.25) is 0 Å². The molecule has 3 aromatic rings. The lowest BCUT2D eigenvalue weighted by atomic mass is 10.3. The molecule has 0 amide bonds. The highest BCUT2D eigenvalue weighted by Crippen LogP contribution is 2.22. The average molecular weight is 268 g/mol. The zero-order chi connectivity index (χ0) is 12.0. The number of hydrogen-bond donors (Lipinski definition) is 0. The summed E-state index contributed by atoms with van der Waals surface area (Å²) in [5.41, 5.74) is 1.71. The molecule has 5 nitrogen and oxygen atoms in total. The van der Waals surface area contributed by atoms with Crippen LogP contribution in [0.15, 0.2) is 41.4 Å². The molecule has 0 saturated heterocycles. The van der Waals surface area contributed by atoms with Crippen LogP contribution in [0.2, 0.25) is 0 Å². The van der Waals surface area contributed by atoms with Crippen LogP contribution in [0.5, 0.6) is 0 Å². The van der Waals surface area contributed by atoms with E-state index in [0.29, 0.717) is 5.52 Å². The van der Waals surface area contributed by atoms with Crippen molar-refractivity contribution < 1.29 is 8.42 Å². The van der Waals surface area contributed by atoms with Gasteiger partial charge in [-0.2, -0.15) is 0 Å². The van der Waals surface area contributed by atoms with Gasteiger partial charge < -0.3 is 0 Å². The van der Waals surface area contributed by atoms with Gasteiger partial charge in [0.25, 0.3) is 9.05 Å². The van der Waals surface area contributed by atoms with Gasteiger partial charge in [0.15, 0.2) is 5.65 Å². The highest BCUT2D eigenvalue weighted by Gasteiger charge is 2.18. The van der Waals surface area contributed by atoms with Gasteiger partial charge in [-0.3, -0.25) is 4.40 Å². The molecule has 17 heavy (non-hydrogen) atoms. The van der Waals surface area contributed by atoms with Crippen molar-refractivity contribution in [3.8, 4) is 0 Å². The van der Waals surface area contributed by atoms with E-state index in [0.717, 1.165) is 5.52 Å². The molecule has 0 bridgehead atoms. The molecule has 0 unspecified atom stereocenters. The Morgan fingerprint density at radius 1 is 1.12 bits per heavy atom. The minimum absolute atomic E-state index is 0.0302. The molecule has 0 aliphatic rings. The van der Waals surface area contributed by atoms with Gasteiger partial charge in [-0.15, -0.1) is 10.2 Å². The van der Waals surface area contributed by atoms with Crippen molar-refractivity contribution >= 4 is 36.4 Å². The monoisotopic (exact) mass is 267 g/mol. The Balaban J connectivity index is 2.52. The maximum Gasteiger partial charge on any atom is 0.265 e. The number of para-hydroxylation sites is 1. The summed E-state index contributed by atoms with van der Waals surface area (Å²) in [6, 6.07) is 8.74. The van der Waals surface area contributed by atoms with Crippen LogP contribution < -0.4 is 0 Å². The van der Waals surface area contributed by atoms with Crippen LogP contribution in [-0.4, -0.2) is 23.0 Å². The van der Waals surface area contributed by atoms with Gasteiger partial charge in [-0.25, -0.2) is 8.42 Å². The Morgan fingerprint density at radius 3 is 2.65 bits per heavy atom. The first-order chi connectivity index (χ1) is 8.07. The van der Waals surface area contributed by atoms with Crippen LogP contribution in [0.1, 0.15) is 0 Å². The largest absolute Gasteiger partial charge is 0.297 e. The lowest BCUT2D eigenvalue weighted by Crippen LogP contribution is -1.97. The zero-order valence-corrected chi connectivity index (χ0v) is 9.98. The van der Waals surface area contributed by atoms with Gasteiger partial charge in [0.05, 0.1) is 5.52 Å². The maximum absolute atomic E-state index is 11.3. The number of benzene rings is 1. The molecule has 0 spiro atoms. The second kappa shape index (κ2) is 3.41. The second-order valence-electron chi connectivity index (χ2n) is 3.50. The third-order valence-corrected chi connectivity index (χ3v) is 3.82. The van der Waals surface area contributed by atoms with Gasteiger partial charge in [-0.05, 0) is 18.2 Å². The predicted molar refractivity (Wildman–Crippen MR) is 63.5 cm³/mol. The van der Waals surface area contributed by atoms with E-state index in [9.17, 15) is 8.42 Å². The lowest BCUT2D eigenvalue weighted by Gasteiger charge is -2.00. The first-order valence-electron chi connectivity index (χ1n) is 4.74. The van der Waals surface area contributed by atoms with Crippen LogP contribution in [0.3, 0.4) is 0 Å². The minimum Gasteiger partial charge on any atom is -0.297 e. The van der Waals surface area contributed by atoms with E-state index < -0.39 is 9.05 Å². The predicted octanol–water partition coefficient (Wildman–Crippen LogP) is 1.81. The lowest BCUT2D eigenvalue weighted by molar-refractivity contribution is 0.610. The van der Waals surface area contributed by atoms with Gasteiger partial charge in [0, 0.05) is 16.9 Å². The number of aromatic nitrogens is 3. The van der Waals surface area contributed by atoms with E-state index in [-0.39, 0.29) is 10.5 Å². The summed E-state index contributed by atoms with van der Waals surface area (Å²) < 4.78 is 24.3. The molecule has 0 fully saturated rings. The Kier molecular flexibility index (Phi) is 2.11. The van der Waals surface area contributed by atoms with E-state index in [1.165, 1.54) is 6.07 Å². The van der Waals surface area contributed by atoms with E-state index in [1.807, 2.05) is 18.2 Å². The summed E-state index contributed by atoms with van der Waals surface area (Å²) in [4.78, 5) is -0.0302. The summed E-state index contributed by atoms with van der Waals surface area (Å²) in [5.74, 6) is 0. The van der Waals surface area contributed by atoms with Crippen LogP contribution in [0.4, 0.5) is 0 Å². The molecule has 86 valence electrons. The molecule has 0 aliphatic heterocycles. The van der Waals surface area contributed by atoms with Crippen molar-refractivity contribution in [1.29, 1.82) is 0 Å². The topological polar surface area (TPSA) is 64.3 Å². The van der Waals surface area contributed by atoms with Crippen molar-refractivity contribution in [2.45, 2.75) is 4.90 Å². The van der Waals surface area contributed by atoms with Gasteiger partial charge in [-0.1, -0.05) is 12.1 Å². The Labute approximate surface area is 101 Å². The normalized spacial score (nSPS) is 12.3.